The molecular formula is C23H44O4. The van der Waals surface area contributed by atoms with Crippen LogP contribution in [0.4, 0.5) is 0 Å². The first-order chi connectivity index (χ1) is 12.7. The van der Waals surface area contributed by atoms with Crippen LogP contribution in [0.3, 0.4) is 0 Å². The molecule has 0 rings (SSSR count). The van der Waals surface area contributed by atoms with Gasteiger partial charge in [-0.2, -0.15) is 0 Å². The normalized spacial score (nSPS) is 12.6. The number of rotatable bonds is 16. The molecule has 4 nitrogen and oxygen atoms in total. The van der Waals surface area contributed by atoms with Crippen LogP contribution < -0.4 is 0 Å². The standard InChI is InChI=1S/C23H44O4/c1-6-7-8-9-10-11-12-13-14-18-26-21(24)16-15-17-22(25)27-20(2)19-23(3,4)5/h20H,6-19H2,1-5H3. The van der Waals surface area contributed by atoms with Crippen molar-refractivity contribution in [3.05, 3.63) is 0 Å². The van der Waals surface area contributed by atoms with Crippen molar-refractivity contribution in [1.29, 1.82) is 0 Å². The molecule has 1 unspecified atom stereocenters. The van der Waals surface area contributed by atoms with Gasteiger partial charge in [0.05, 0.1) is 12.7 Å². The lowest BCUT2D eigenvalue weighted by atomic mass is 9.90. The number of esters is 2. The number of hydrogen-bond acceptors (Lipinski definition) is 4. The zero-order chi connectivity index (χ0) is 20.5. The Bertz CT molecular complexity index is 384. The molecule has 0 radical (unpaired) electrons. The van der Waals surface area contributed by atoms with E-state index in [1.54, 1.807) is 0 Å². The van der Waals surface area contributed by atoms with Crippen LogP contribution in [0.5, 0.6) is 0 Å². The van der Waals surface area contributed by atoms with E-state index in [0.29, 0.717) is 19.4 Å². The summed E-state index contributed by atoms with van der Waals surface area (Å²) < 4.78 is 10.6. The van der Waals surface area contributed by atoms with Crippen LogP contribution in [0.2, 0.25) is 0 Å². The summed E-state index contributed by atoms with van der Waals surface area (Å²) in [6, 6.07) is 0. The van der Waals surface area contributed by atoms with E-state index >= 15 is 0 Å². The van der Waals surface area contributed by atoms with E-state index in [0.717, 1.165) is 19.3 Å². The molecule has 0 amide bonds. The van der Waals surface area contributed by atoms with Crippen LogP contribution >= 0.6 is 0 Å². The average molecular weight is 385 g/mol. The van der Waals surface area contributed by atoms with Gasteiger partial charge in [0.1, 0.15) is 0 Å². The van der Waals surface area contributed by atoms with Gasteiger partial charge in [0.2, 0.25) is 0 Å². The summed E-state index contributed by atoms with van der Waals surface area (Å²) in [4.78, 5) is 23.5. The Hall–Kier alpha value is -1.06. The molecule has 0 aromatic carbocycles. The van der Waals surface area contributed by atoms with Crippen molar-refractivity contribution < 1.29 is 19.1 Å². The first-order valence-electron chi connectivity index (χ1n) is 11.1. The Morgan fingerprint density at radius 2 is 1.30 bits per heavy atom. The summed E-state index contributed by atoms with van der Waals surface area (Å²) in [7, 11) is 0. The van der Waals surface area contributed by atoms with Crippen LogP contribution in [0.1, 0.15) is 118 Å². The van der Waals surface area contributed by atoms with E-state index in [1.165, 1.54) is 44.9 Å². The van der Waals surface area contributed by atoms with Crippen LogP contribution in [-0.4, -0.2) is 24.6 Å². The summed E-state index contributed by atoms with van der Waals surface area (Å²) >= 11 is 0. The second-order valence-electron chi connectivity index (χ2n) is 8.97. The maximum atomic E-state index is 11.8. The highest BCUT2D eigenvalue weighted by Gasteiger charge is 2.18. The SMILES string of the molecule is CCCCCCCCCCCOC(=O)CCCC(=O)OC(C)CC(C)(C)C. The van der Waals surface area contributed by atoms with Crippen LogP contribution in [0.15, 0.2) is 0 Å². The van der Waals surface area contributed by atoms with E-state index in [2.05, 4.69) is 27.7 Å². The molecule has 0 heterocycles. The quantitative estimate of drug-likeness (QED) is 0.222. The Morgan fingerprint density at radius 3 is 1.85 bits per heavy atom. The molecule has 27 heavy (non-hydrogen) atoms. The van der Waals surface area contributed by atoms with Gasteiger partial charge in [0, 0.05) is 12.8 Å². The van der Waals surface area contributed by atoms with Gasteiger partial charge in [-0.1, -0.05) is 79.1 Å². The summed E-state index contributed by atoms with van der Waals surface area (Å²) in [6.45, 7) is 11.0. The Balaban J connectivity index is 3.50. The van der Waals surface area contributed by atoms with Gasteiger partial charge in [0.15, 0.2) is 0 Å². The summed E-state index contributed by atoms with van der Waals surface area (Å²) in [5.74, 6) is -0.427. The molecule has 160 valence electrons. The van der Waals surface area contributed by atoms with E-state index in [1.807, 2.05) is 6.92 Å². The van der Waals surface area contributed by atoms with Crippen molar-refractivity contribution in [2.75, 3.05) is 6.61 Å². The molecule has 0 aromatic rings. The number of unbranched alkanes of at least 4 members (excludes halogenated alkanes) is 8. The molecular weight excluding hydrogens is 340 g/mol. The van der Waals surface area contributed by atoms with Crippen molar-refractivity contribution in [2.45, 2.75) is 124 Å². The van der Waals surface area contributed by atoms with E-state index in [9.17, 15) is 9.59 Å². The summed E-state index contributed by atoms with van der Waals surface area (Å²) in [5, 5.41) is 0. The third kappa shape index (κ3) is 19.5. The van der Waals surface area contributed by atoms with Gasteiger partial charge in [-0.15, -0.1) is 0 Å². The van der Waals surface area contributed by atoms with Gasteiger partial charge in [-0.3, -0.25) is 9.59 Å². The summed E-state index contributed by atoms with van der Waals surface area (Å²) in [5.41, 5.74) is 0.137. The highest BCUT2D eigenvalue weighted by Crippen LogP contribution is 2.22. The molecule has 0 fully saturated rings. The Morgan fingerprint density at radius 1 is 0.778 bits per heavy atom. The van der Waals surface area contributed by atoms with Crippen molar-refractivity contribution in [3.63, 3.8) is 0 Å². The van der Waals surface area contributed by atoms with E-state index in [-0.39, 0.29) is 29.9 Å². The fourth-order valence-electron chi connectivity index (χ4n) is 3.24. The van der Waals surface area contributed by atoms with Gasteiger partial charge >= 0.3 is 11.9 Å². The lowest BCUT2D eigenvalue weighted by molar-refractivity contribution is -0.149. The number of carbonyl (C=O) groups is 2. The third-order valence-electron chi connectivity index (χ3n) is 4.51. The minimum Gasteiger partial charge on any atom is -0.466 e. The maximum absolute atomic E-state index is 11.8. The first-order valence-corrected chi connectivity index (χ1v) is 11.1. The van der Waals surface area contributed by atoms with E-state index < -0.39 is 0 Å². The highest BCUT2D eigenvalue weighted by molar-refractivity contribution is 5.72. The monoisotopic (exact) mass is 384 g/mol. The van der Waals surface area contributed by atoms with Crippen molar-refractivity contribution in [1.82, 2.24) is 0 Å². The fourth-order valence-corrected chi connectivity index (χ4v) is 3.24. The van der Waals surface area contributed by atoms with Crippen molar-refractivity contribution >= 4 is 11.9 Å². The van der Waals surface area contributed by atoms with Crippen LogP contribution in [-0.2, 0) is 19.1 Å². The molecule has 0 bridgehead atoms. The number of hydrogen-bond donors (Lipinski definition) is 0. The third-order valence-corrected chi connectivity index (χ3v) is 4.51. The predicted octanol–water partition coefficient (Wildman–Crippen LogP) is 6.60. The minimum atomic E-state index is -0.224. The average Bonchev–Trinajstić information content (AvgIpc) is 2.54. The molecule has 1 atom stereocenters. The van der Waals surface area contributed by atoms with Gasteiger partial charge in [0.25, 0.3) is 0 Å². The second kappa shape index (κ2) is 15.9. The molecule has 0 aliphatic carbocycles. The zero-order valence-electron chi connectivity index (χ0n) is 18.6. The van der Waals surface area contributed by atoms with Gasteiger partial charge < -0.3 is 9.47 Å². The molecule has 0 aliphatic heterocycles. The fraction of sp³-hybridized carbons (Fsp3) is 0.913. The Kier molecular flexibility index (Phi) is 15.3. The second-order valence-corrected chi connectivity index (χ2v) is 8.97. The predicted molar refractivity (Wildman–Crippen MR) is 112 cm³/mol. The smallest absolute Gasteiger partial charge is 0.306 e. The zero-order valence-corrected chi connectivity index (χ0v) is 18.6. The van der Waals surface area contributed by atoms with Gasteiger partial charge in [-0.05, 0) is 31.6 Å². The summed E-state index contributed by atoms with van der Waals surface area (Å²) in [6.07, 6.45) is 13.1. The Labute approximate surface area is 167 Å². The lowest BCUT2D eigenvalue weighted by Gasteiger charge is -2.23. The molecule has 0 spiro atoms. The molecule has 0 aliphatic rings. The largest absolute Gasteiger partial charge is 0.466 e. The number of carbonyl (C=O) groups excluding carboxylic acids is 2. The topological polar surface area (TPSA) is 52.6 Å². The van der Waals surface area contributed by atoms with Gasteiger partial charge in [-0.25, -0.2) is 0 Å². The molecule has 4 heteroatoms. The lowest BCUT2D eigenvalue weighted by Crippen LogP contribution is -2.21. The molecule has 0 N–H and O–H groups in total. The minimum absolute atomic E-state index is 0.0869. The van der Waals surface area contributed by atoms with Crippen molar-refractivity contribution in [3.8, 4) is 0 Å². The molecule has 0 saturated heterocycles. The first kappa shape index (κ1) is 25.9. The van der Waals surface area contributed by atoms with Crippen LogP contribution in [0, 0.1) is 5.41 Å². The molecule has 0 aromatic heterocycles. The van der Waals surface area contributed by atoms with Crippen molar-refractivity contribution in [2.24, 2.45) is 5.41 Å². The van der Waals surface area contributed by atoms with E-state index in [4.69, 9.17) is 9.47 Å². The number of ether oxygens (including phenoxy) is 2. The molecule has 0 saturated carbocycles. The maximum Gasteiger partial charge on any atom is 0.306 e. The highest BCUT2D eigenvalue weighted by atomic mass is 16.5. The van der Waals surface area contributed by atoms with Crippen LogP contribution in [0.25, 0.3) is 0 Å².